The second kappa shape index (κ2) is 18.5. The van der Waals surface area contributed by atoms with E-state index in [9.17, 15) is 26.7 Å². The van der Waals surface area contributed by atoms with Gasteiger partial charge in [-0.3, -0.25) is 4.55 Å². The van der Waals surface area contributed by atoms with E-state index in [1.54, 1.807) is 49.5 Å². The van der Waals surface area contributed by atoms with Crippen LogP contribution in [0.4, 0.5) is 45.5 Å². The van der Waals surface area contributed by atoms with E-state index >= 15 is 0 Å². The molecule has 0 radical (unpaired) electrons. The number of aromatic carboxylic acids is 1. The van der Waals surface area contributed by atoms with Gasteiger partial charge in [0.2, 0.25) is 0 Å². The van der Waals surface area contributed by atoms with Gasteiger partial charge in [-0.05, 0) is 68.1 Å². The molecule has 0 fully saturated rings. The average molecular weight is 788 g/mol. The molecule has 0 saturated heterocycles. The number of carboxylic acids is 1. The van der Waals surface area contributed by atoms with Crippen LogP contribution < -0.4 is 16.8 Å². The highest BCUT2D eigenvalue weighted by Crippen LogP contribution is 2.49. The van der Waals surface area contributed by atoms with Crippen LogP contribution in [0, 0.1) is 6.92 Å². The second-order valence-electron chi connectivity index (χ2n) is 10.6. The predicted molar refractivity (Wildman–Crippen MR) is 195 cm³/mol. The van der Waals surface area contributed by atoms with Crippen molar-refractivity contribution in [1.82, 2.24) is 5.32 Å². The van der Waals surface area contributed by atoms with E-state index in [2.05, 4.69) is 40.2 Å². The fourth-order valence-electron chi connectivity index (χ4n) is 4.23. The number of sulfone groups is 1. The Kier molecular flexibility index (Phi) is 14.2. The first-order valence-electron chi connectivity index (χ1n) is 15.1. The van der Waals surface area contributed by atoms with Crippen molar-refractivity contribution in [3.63, 3.8) is 0 Å². The van der Waals surface area contributed by atoms with Crippen molar-refractivity contribution >= 4 is 83.7 Å². The first-order chi connectivity index (χ1) is 25.2. The van der Waals surface area contributed by atoms with Crippen LogP contribution in [0.15, 0.2) is 113 Å². The summed E-state index contributed by atoms with van der Waals surface area (Å²) >= 11 is 0.922. The van der Waals surface area contributed by atoms with Gasteiger partial charge in [0.1, 0.15) is 22.6 Å². The summed E-state index contributed by atoms with van der Waals surface area (Å²) in [5, 5.41) is 38.1. The summed E-state index contributed by atoms with van der Waals surface area (Å²) in [4.78, 5) is 18.1. The fourth-order valence-corrected chi connectivity index (χ4v) is 6.25. The van der Waals surface area contributed by atoms with Crippen molar-refractivity contribution < 1.29 is 44.7 Å². The summed E-state index contributed by atoms with van der Waals surface area (Å²) in [6, 6.07) is 18.6. The molecule has 53 heavy (non-hydrogen) atoms. The largest absolute Gasteiger partial charge is 0.478 e. The van der Waals surface area contributed by atoms with Crippen LogP contribution in [0.5, 0.6) is 0 Å². The number of aryl methyl sites for hydroxylation is 1. The monoisotopic (exact) mass is 787 g/mol. The van der Waals surface area contributed by atoms with Crippen LogP contribution in [0.25, 0.3) is 0 Å². The molecule has 0 bridgehead atoms. The standard InChI is InChI=1S/C31H33N9O10S3/c1-19-6-3-7-20(16-19)35-38-28-25(31(41)42)29(39-36-21-8-4-10-23(17-21)51-50-48-13-12-34-2)27(33)30(26(28)32)40-37-22-9-5-11-24(18-22)52(43,44)15-14-49-53(45,46)47/h3-11,16-18,34H,12-15,32-33H2,1-2H3,(H,41,42)(H,45,46,47). The molecule has 7 N–H and O–H groups in total. The number of likely N-dealkylation sites (N-methyl/N-ethyl adjacent to an activating group) is 1. The van der Waals surface area contributed by atoms with Gasteiger partial charge in [0, 0.05) is 11.4 Å². The van der Waals surface area contributed by atoms with Gasteiger partial charge in [-0.25, -0.2) is 22.3 Å². The van der Waals surface area contributed by atoms with Gasteiger partial charge in [-0.15, -0.1) is 15.3 Å². The average Bonchev–Trinajstić information content (AvgIpc) is 3.10. The minimum atomic E-state index is -4.85. The second-order valence-corrected chi connectivity index (χ2v) is 14.6. The summed E-state index contributed by atoms with van der Waals surface area (Å²) in [6.45, 7) is 1.87. The smallest absolute Gasteiger partial charge is 0.397 e. The molecule has 4 rings (SSSR count). The molecule has 0 aliphatic rings. The topological polar surface area (TPSA) is 292 Å². The molecule has 0 spiro atoms. The molecule has 22 heteroatoms. The normalized spacial score (nSPS) is 12.4. The van der Waals surface area contributed by atoms with Crippen molar-refractivity contribution in [2.45, 2.75) is 16.7 Å². The SMILES string of the molecule is CNCCOOSc1cccc(N=Nc2c(N)c(N=Nc3cccc(S(=O)(=O)CCOS(=O)(=O)O)c3)c(N)c(N=Nc3cccc(C)c3)c2C(=O)O)c1. The van der Waals surface area contributed by atoms with E-state index in [4.69, 9.17) is 25.2 Å². The predicted octanol–water partition coefficient (Wildman–Crippen LogP) is 6.87. The van der Waals surface area contributed by atoms with Crippen molar-refractivity contribution in [3.8, 4) is 0 Å². The van der Waals surface area contributed by atoms with Crippen LogP contribution in [0.1, 0.15) is 15.9 Å². The highest BCUT2D eigenvalue weighted by molar-refractivity contribution is 7.94. The van der Waals surface area contributed by atoms with Crippen molar-refractivity contribution in [2.75, 3.05) is 44.0 Å². The number of nitrogens with two attached hydrogens (primary N) is 2. The number of nitrogens with one attached hydrogen (secondary N) is 1. The van der Waals surface area contributed by atoms with Crippen LogP contribution in [-0.4, -0.2) is 65.0 Å². The summed E-state index contributed by atoms with van der Waals surface area (Å²) in [6.07, 6.45) is 0. The molecule has 0 amide bonds. The van der Waals surface area contributed by atoms with E-state index in [1.807, 2.05) is 13.0 Å². The van der Waals surface area contributed by atoms with E-state index in [1.165, 1.54) is 18.2 Å². The highest BCUT2D eigenvalue weighted by atomic mass is 32.3. The maximum absolute atomic E-state index is 12.8. The minimum absolute atomic E-state index is 0.0135. The molecule has 0 unspecified atom stereocenters. The van der Waals surface area contributed by atoms with Gasteiger partial charge in [-0.1, -0.05) is 24.3 Å². The number of rotatable bonds is 18. The van der Waals surface area contributed by atoms with Crippen molar-refractivity contribution in [3.05, 3.63) is 83.9 Å². The lowest BCUT2D eigenvalue weighted by atomic mass is 10.1. The Labute approximate surface area is 308 Å². The fraction of sp³-hybridized carbons (Fsp3) is 0.194. The molecule has 0 atom stereocenters. The first kappa shape index (κ1) is 40.6. The summed E-state index contributed by atoms with van der Waals surface area (Å²) in [5.74, 6) is -2.29. The zero-order valence-electron chi connectivity index (χ0n) is 28.0. The molecule has 0 aromatic heterocycles. The first-order valence-corrected chi connectivity index (χ1v) is 18.9. The third kappa shape index (κ3) is 11.9. The van der Waals surface area contributed by atoms with Gasteiger partial charge in [0.15, 0.2) is 9.84 Å². The van der Waals surface area contributed by atoms with Gasteiger partial charge >= 0.3 is 16.4 Å². The molecule has 0 aliphatic carbocycles. The van der Waals surface area contributed by atoms with E-state index < -0.39 is 44.1 Å². The number of hydrogen-bond acceptors (Lipinski definition) is 18. The zero-order chi connectivity index (χ0) is 38.6. The van der Waals surface area contributed by atoms with Gasteiger partial charge in [0.25, 0.3) is 0 Å². The maximum atomic E-state index is 12.8. The van der Waals surface area contributed by atoms with E-state index in [0.29, 0.717) is 23.7 Å². The summed E-state index contributed by atoms with van der Waals surface area (Å²) in [5.41, 5.74) is 12.1. The molecular weight excluding hydrogens is 755 g/mol. The lowest BCUT2D eigenvalue weighted by Gasteiger charge is -2.13. The maximum Gasteiger partial charge on any atom is 0.397 e. The lowest BCUT2D eigenvalue weighted by molar-refractivity contribution is -0.188. The highest BCUT2D eigenvalue weighted by Gasteiger charge is 2.27. The van der Waals surface area contributed by atoms with Crippen LogP contribution in [0.2, 0.25) is 0 Å². The van der Waals surface area contributed by atoms with Crippen LogP contribution in [-0.2, 0) is 33.6 Å². The van der Waals surface area contributed by atoms with Crippen molar-refractivity contribution in [1.29, 1.82) is 0 Å². The Morgan fingerprint density at radius 2 is 1.36 bits per heavy atom. The Bertz CT molecular complexity index is 2270. The summed E-state index contributed by atoms with van der Waals surface area (Å²) in [7, 11) is -7.19. The molecular formula is C31H33N9O10S3. The number of benzene rings is 4. The number of anilines is 2. The molecule has 280 valence electrons. The zero-order valence-corrected chi connectivity index (χ0v) is 30.4. The minimum Gasteiger partial charge on any atom is -0.478 e. The third-order valence-electron chi connectivity index (χ3n) is 6.70. The van der Waals surface area contributed by atoms with Crippen LogP contribution >= 0.6 is 12.0 Å². The Hall–Kier alpha value is -5.20. The number of azo groups is 3. The Morgan fingerprint density at radius 3 is 1.94 bits per heavy atom. The molecule has 4 aromatic rings. The van der Waals surface area contributed by atoms with Gasteiger partial charge < -0.3 is 21.9 Å². The number of hydrogen-bond donors (Lipinski definition) is 5. The van der Waals surface area contributed by atoms with E-state index in [-0.39, 0.29) is 44.7 Å². The summed E-state index contributed by atoms with van der Waals surface area (Å²) < 4.78 is 65.2. The van der Waals surface area contributed by atoms with E-state index in [0.717, 1.165) is 23.7 Å². The quantitative estimate of drug-likeness (QED) is 0.0131. The Morgan fingerprint density at radius 1 is 0.792 bits per heavy atom. The van der Waals surface area contributed by atoms with Gasteiger partial charge in [0.05, 0.1) is 64.3 Å². The van der Waals surface area contributed by atoms with Gasteiger partial charge in [-0.2, -0.15) is 28.1 Å². The Balaban J connectivity index is 1.78. The number of carbonyl (C=O) groups is 1. The molecule has 0 aliphatic heterocycles. The number of nitrogen functional groups attached to an aromatic ring is 2. The lowest BCUT2D eigenvalue weighted by Crippen LogP contribution is -2.15. The van der Waals surface area contributed by atoms with Crippen molar-refractivity contribution in [2.24, 2.45) is 30.7 Å². The molecule has 0 saturated carbocycles. The molecule has 0 heterocycles. The molecule has 4 aromatic carbocycles. The van der Waals surface area contributed by atoms with Crippen LogP contribution in [0.3, 0.4) is 0 Å². The third-order valence-corrected chi connectivity index (χ3v) is 9.45. The number of carboxylic acid groups (broad SMARTS) is 1. The molecule has 19 nitrogen and oxygen atoms in total. The number of nitrogens with zero attached hydrogens (tertiary/aromatic N) is 6.